The van der Waals surface area contributed by atoms with Crippen molar-refractivity contribution in [2.75, 3.05) is 41.0 Å². The minimum atomic E-state index is -1.13. The van der Waals surface area contributed by atoms with Gasteiger partial charge < -0.3 is 28.6 Å². The van der Waals surface area contributed by atoms with Gasteiger partial charge in [0, 0.05) is 19.3 Å². The van der Waals surface area contributed by atoms with Gasteiger partial charge in [-0.15, -0.1) is 0 Å². The van der Waals surface area contributed by atoms with E-state index in [2.05, 4.69) is 50.3 Å². The fourth-order valence-corrected chi connectivity index (χ4v) is 5.59. The van der Waals surface area contributed by atoms with Crippen LogP contribution in [-0.2, 0) is 28.6 Å². The van der Waals surface area contributed by atoms with E-state index in [1.807, 2.05) is 12.2 Å². The molecule has 0 aromatic rings. The molecule has 0 heterocycles. The quantitative estimate of drug-likeness (QED) is 0.0212. The van der Waals surface area contributed by atoms with Gasteiger partial charge in [0.2, 0.25) is 0 Å². The zero-order valence-corrected chi connectivity index (χ0v) is 33.3. The Morgan fingerprint density at radius 2 is 1.12 bits per heavy atom. The second kappa shape index (κ2) is 34.4. The Kier molecular flexibility index (Phi) is 32.6. The van der Waals surface area contributed by atoms with Crippen molar-refractivity contribution in [3.63, 3.8) is 0 Å². The Morgan fingerprint density at radius 1 is 0.608 bits per heavy atom. The molecule has 0 saturated carbocycles. The van der Waals surface area contributed by atoms with Crippen molar-refractivity contribution >= 4 is 17.9 Å². The highest BCUT2D eigenvalue weighted by Crippen LogP contribution is 2.13. The summed E-state index contributed by atoms with van der Waals surface area (Å²) in [7, 11) is 5.38. The molecule has 0 spiro atoms. The molecule has 8 heteroatoms. The number of carboxylic acid groups (broad SMARTS) is 1. The molecule has 2 unspecified atom stereocenters. The van der Waals surface area contributed by atoms with Crippen LogP contribution in [0.2, 0.25) is 0 Å². The molecule has 2 atom stereocenters. The highest BCUT2D eigenvalue weighted by Gasteiger charge is 2.25. The van der Waals surface area contributed by atoms with E-state index in [9.17, 15) is 19.5 Å². The number of allylic oxidation sites excluding steroid dienone is 8. The largest absolute Gasteiger partial charge is 0.544 e. The molecule has 0 aliphatic rings. The van der Waals surface area contributed by atoms with Gasteiger partial charge >= 0.3 is 11.9 Å². The third-order valence-electron chi connectivity index (χ3n) is 8.76. The first-order valence-corrected chi connectivity index (χ1v) is 20.2. The predicted molar refractivity (Wildman–Crippen MR) is 208 cm³/mol. The highest BCUT2D eigenvalue weighted by atomic mass is 16.6. The van der Waals surface area contributed by atoms with Gasteiger partial charge in [-0.05, 0) is 57.8 Å². The number of nitrogens with zero attached hydrogens (tertiary/aromatic N) is 1. The fraction of sp³-hybridized carbons (Fsp3) is 0.744. The summed E-state index contributed by atoms with van der Waals surface area (Å²) in [4.78, 5) is 36.7. The smallest absolute Gasteiger partial charge is 0.306 e. The molecule has 0 fully saturated rings. The number of likely N-dealkylation sites (N-methyl/N-ethyl adjacent to an activating group) is 1. The molecule has 0 saturated heterocycles. The van der Waals surface area contributed by atoms with E-state index >= 15 is 0 Å². The monoisotopic (exact) mass is 718 g/mol. The summed E-state index contributed by atoms with van der Waals surface area (Å²) in [5.41, 5.74) is 0. The summed E-state index contributed by atoms with van der Waals surface area (Å²) in [5.74, 6) is -1.79. The van der Waals surface area contributed by atoms with Gasteiger partial charge in [0.05, 0.1) is 40.3 Å². The minimum absolute atomic E-state index is 0.0265. The molecule has 0 aliphatic carbocycles. The van der Waals surface area contributed by atoms with Crippen molar-refractivity contribution in [2.45, 2.75) is 167 Å². The SMILES string of the molecule is CC/C=C/C=C/C=C/CCCCCCCC(=O)OC(COCCC(C(=O)[O-])[N+](C)(C)C)COC(=O)CCCCC/C=C/CCCCCCCCC. The van der Waals surface area contributed by atoms with E-state index in [1.165, 1.54) is 44.9 Å². The molecule has 0 radical (unpaired) electrons. The van der Waals surface area contributed by atoms with E-state index < -0.39 is 18.1 Å². The molecule has 0 aliphatic heterocycles. The number of unbranched alkanes of at least 4 members (excludes halogenated alkanes) is 15. The van der Waals surface area contributed by atoms with Crippen LogP contribution in [0.4, 0.5) is 0 Å². The Bertz CT molecular complexity index is 979. The lowest BCUT2D eigenvalue weighted by atomic mass is 10.1. The van der Waals surface area contributed by atoms with Crippen LogP contribution in [-0.4, -0.2) is 75.5 Å². The average molecular weight is 718 g/mol. The number of quaternary nitrogens is 1. The standard InChI is InChI=1S/C43H75NO7/c1-6-8-10-12-14-16-18-20-22-23-25-27-29-31-33-41(45)50-38-39(37-49-36-35-40(43(47)48)44(3,4)5)51-42(46)34-32-30-28-26-24-21-19-17-15-13-11-9-7-2/h9,11,13,15,17,19,22-23,39-40H,6-8,10,12,14,16,18,20-21,24-38H2,1-5H3/b11-9+,15-13+,19-17+,23-22+. The van der Waals surface area contributed by atoms with Crippen LogP contribution in [0.5, 0.6) is 0 Å². The van der Waals surface area contributed by atoms with Gasteiger partial charge in [0.25, 0.3) is 0 Å². The van der Waals surface area contributed by atoms with E-state index in [1.54, 1.807) is 21.1 Å². The van der Waals surface area contributed by atoms with Gasteiger partial charge in [-0.2, -0.15) is 0 Å². The molecule has 0 N–H and O–H groups in total. The van der Waals surface area contributed by atoms with Crippen molar-refractivity contribution < 1.29 is 38.2 Å². The summed E-state index contributed by atoms with van der Waals surface area (Å²) in [5, 5.41) is 11.6. The van der Waals surface area contributed by atoms with Gasteiger partial charge in [-0.1, -0.05) is 127 Å². The van der Waals surface area contributed by atoms with Crippen LogP contribution in [0.1, 0.15) is 155 Å². The molecule has 51 heavy (non-hydrogen) atoms. The number of aliphatic carboxylic acids is 1. The topological polar surface area (TPSA) is 102 Å². The second-order valence-corrected chi connectivity index (χ2v) is 14.5. The number of carboxylic acids is 1. The van der Waals surface area contributed by atoms with E-state index in [4.69, 9.17) is 14.2 Å². The summed E-state index contributed by atoms with van der Waals surface area (Å²) in [6.45, 7) is 4.47. The summed E-state index contributed by atoms with van der Waals surface area (Å²) >= 11 is 0. The first-order valence-electron chi connectivity index (χ1n) is 20.2. The van der Waals surface area contributed by atoms with Crippen molar-refractivity contribution in [1.82, 2.24) is 0 Å². The maximum absolute atomic E-state index is 12.6. The maximum Gasteiger partial charge on any atom is 0.306 e. The lowest BCUT2D eigenvalue weighted by Crippen LogP contribution is -2.55. The zero-order valence-electron chi connectivity index (χ0n) is 33.3. The number of hydrogen-bond acceptors (Lipinski definition) is 7. The van der Waals surface area contributed by atoms with E-state index in [0.717, 1.165) is 77.0 Å². The average Bonchev–Trinajstić information content (AvgIpc) is 3.08. The Balaban J connectivity index is 4.45. The Morgan fingerprint density at radius 3 is 1.69 bits per heavy atom. The Hall–Kier alpha value is -2.71. The van der Waals surface area contributed by atoms with Crippen LogP contribution in [0.25, 0.3) is 0 Å². The molecule has 8 nitrogen and oxygen atoms in total. The summed E-state index contributed by atoms with van der Waals surface area (Å²) in [6, 6.07) is -0.731. The van der Waals surface area contributed by atoms with Crippen molar-refractivity contribution in [3.05, 3.63) is 48.6 Å². The minimum Gasteiger partial charge on any atom is -0.544 e. The molecule has 294 valence electrons. The third kappa shape index (κ3) is 32.9. The van der Waals surface area contributed by atoms with Gasteiger partial charge in [-0.25, -0.2) is 0 Å². The molecular weight excluding hydrogens is 642 g/mol. The number of carbonyl (C=O) groups is 3. The van der Waals surface area contributed by atoms with Crippen molar-refractivity contribution in [3.8, 4) is 0 Å². The third-order valence-corrected chi connectivity index (χ3v) is 8.76. The normalized spacial score (nSPS) is 13.5. The molecule has 0 amide bonds. The van der Waals surface area contributed by atoms with Gasteiger partial charge in [0.15, 0.2) is 6.10 Å². The first kappa shape index (κ1) is 48.3. The molecular formula is C43H75NO7. The molecule has 0 rings (SSSR count). The van der Waals surface area contributed by atoms with Crippen LogP contribution < -0.4 is 5.11 Å². The Labute approximate surface area is 312 Å². The fourth-order valence-electron chi connectivity index (χ4n) is 5.59. The number of rotatable bonds is 35. The summed E-state index contributed by atoms with van der Waals surface area (Å²) in [6.07, 6.45) is 38.5. The number of carbonyl (C=O) groups excluding carboxylic acids is 3. The summed E-state index contributed by atoms with van der Waals surface area (Å²) < 4.78 is 17.1. The second-order valence-electron chi connectivity index (χ2n) is 14.5. The zero-order chi connectivity index (χ0) is 37.8. The van der Waals surface area contributed by atoms with Crippen molar-refractivity contribution in [2.24, 2.45) is 0 Å². The number of hydrogen-bond donors (Lipinski definition) is 0. The van der Waals surface area contributed by atoms with Gasteiger partial charge in [0.1, 0.15) is 12.6 Å². The predicted octanol–water partition coefficient (Wildman–Crippen LogP) is 9.13. The van der Waals surface area contributed by atoms with Crippen LogP contribution in [0.15, 0.2) is 48.6 Å². The molecule has 0 bridgehead atoms. The van der Waals surface area contributed by atoms with E-state index in [-0.39, 0.29) is 42.7 Å². The van der Waals surface area contributed by atoms with Crippen LogP contribution >= 0.6 is 0 Å². The molecule has 0 aromatic heterocycles. The molecule has 0 aromatic carbocycles. The lowest BCUT2D eigenvalue weighted by molar-refractivity contribution is -0.889. The van der Waals surface area contributed by atoms with Crippen molar-refractivity contribution in [1.29, 1.82) is 0 Å². The highest BCUT2D eigenvalue weighted by molar-refractivity contribution is 5.70. The first-order chi connectivity index (χ1) is 24.6. The van der Waals surface area contributed by atoms with Gasteiger partial charge in [-0.3, -0.25) is 9.59 Å². The number of ether oxygens (including phenoxy) is 3. The van der Waals surface area contributed by atoms with E-state index in [0.29, 0.717) is 12.8 Å². The van der Waals surface area contributed by atoms with Crippen LogP contribution in [0, 0.1) is 0 Å². The van der Waals surface area contributed by atoms with Crippen LogP contribution in [0.3, 0.4) is 0 Å². The lowest BCUT2D eigenvalue weighted by Gasteiger charge is -2.34. The number of esters is 2. The maximum atomic E-state index is 12.6.